The van der Waals surface area contributed by atoms with E-state index in [2.05, 4.69) is 5.32 Å². The maximum Gasteiger partial charge on any atom is 0.352 e. The Labute approximate surface area is 183 Å². The molecule has 0 amide bonds. The Balaban J connectivity index is 1.70. The lowest BCUT2D eigenvalue weighted by molar-refractivity contribution is 0.0684. The molecule has 1 heterocycles. The van der Waals surface area contributed by atoms with Gasteiger partial charge >= 0.3 is 5.97 Å². The number of nitrogens with one attached hydrogen (secondary N) is 1. The maximum atomic E-state index is 13.4. The minimum absolute atomic E-state index is 0.292. The molecule has 2 N–H and O–H groups in total. The molecule has 0 saturated heterocycles. The van der Waals surface area contributed by atoms with Crippen molar-refractivity contribution >= 4 is 16.9 Å². The molecule has 1 aromatic heterocycles. The predicted molar refractivity (Wildman–Crippen MR) is 122 cm³/mol. The van der Waals surface area contributed by atoms with Gasteiger partial charge in [0.05, 0.1) is 0 Å². The van der Waals surface area contributed by atoms with E-state index in [-0.39, 0.29) is 5.82 Å². The fourth-order valence-corrected chi connectivity index (χ4v) is 4.80. The summed E-state index contributed by atoms with van der Waals surface area (Å²) in [5, 5.41) is 14.8. The average Bonchev–Trinajstić information content (AvgIpc) is 3.01. The Morgan fingerprint density at radius 2 is 1.74 bits per heavy atom. The number of benzene rings is 2. The Bertz CT molecular complexity index is 1050. The molecule has 0 atom stereocenters. The van der Waals surface area contributed by atoms with E-state index in [9.17, 15) is 14.3 Å². The van der Waals surface area contributed by atoms with Gasteiger partial charge in [-0.15, -0.1) is 0 Å². The number of halogens is 1. The van der Waals surface area contributed by atoms with Crippen LogP contribution >= 0.6 is 0 Å². The van der Waals surface area contributed by atoms with Crippen molar-refractivity contribution in [1.29, 1.82) is 0 Å². The van der Waals surface area contributed by atoms with Gasteiger partial charge in [0, 0.05) is 35.6 Å². The fraction of sp³-hybridized carbons (Fsp3) is 0.423. The Hall–Kier alpha value is -2.66. The smallest absolute Gasteiger partial charge is 0.352 e. The summed E-state index contributed by atoms with van der Waals surface area (Å²) in [4.78, 5) is 12.4. The Kier molecular flexibility index (Phi) is 6.71. The molecule has 31 heavy (non-hydrogen) atoms. The number of fused-ring (bicyclic) bond motifs is 1. The molecule has 0 spiro atoms. The van der Waals surface area contributed by atoms with E-state index in [0.717, 1.165) is 40.4 Å². The van der Waals surface area contributed by atoms with Crippen LogP contribution in [-0.2, 0) is 13.1 Å². The molecule has 1 fully saturated rings. The van der Waals surface area contributed by atoms with Crippen LogP contribution < -0.4 is 5.32 Å². The van der Waals surface area contributed by atoms with E-state index in [0.29, 0.717) is 24.8 Å². The zero-order valence-corrected chi connectivity index (χ0v) is 18.2. The number of carboxylic acid groups (broad SMARTS) is 1. The van der Waals surface area contributed by atoms with Crippen LogP contribution in [0.1, 0.15) is 72.1 Å². The molecule has 4 rings (SSSR count). The minimum Gasteiger partial charge on any atom is -0.477 e. The first-order chi connectivity index (χ1) is 15.0. The largest absolute Gasteiger partial charge is 0.477 e. The Morgan fingerprint density at radius 3 is 2.42 bits per heavy atom. The predicted octanol–water partition coefficient (Wildman–Crippen LogP) is 6.04. The fourth-order valence-electron chi connectivity index (χ4n) is 4.80. The normalized spacial score (nSPS) is 15.7. The molecule has 0 bridgehead atoms. The van der Waals surface area contributed by atoms with Crippen molar-refractivity contribution < 1.29 is 14.3 Å². The van der Waals surface area contributed by atoms with E-state index in [4.69, 9.17) is 0 Å². The molecule has 164 valence electrons. The highest BCUT2D eigenvalue weighted by Gasteiger charge is 2.23. The van der Waals surface area contributed by atoms with Gasteiger partial charge in [-0.2, -0.15) is 0 Å². The van der Waals surface area contributed by atoms with E-state index in [1.54, 1.807) is 12.1 Å². The highest BCUT2D eigenvalue weighted by molar-refractivity contribution is 5.98. The van der Waals surface area contributed by atoms with Crippen LogP contribution in [0.2, 0.25) is 0 Å². The van der Waals surface area contributed by atoms with E-state index in [1.165, 1.54) is 44.2 Å². The number of aromatic carboxylic acids is 1. The number of carbonyl (C=O) groups is 1. The second-order valence-electron chi connectivity index (χ2n) is 8.79. The van der Waals surface area contributed by atoms with Crippen molar-refractivity contribution in [1.82, 2.24) is 9.88 Å². The third-order valence-electron chi connectivity index (χ3n) is 6.45. The van der Waals surface area contributed by atoms with Crippen LogP contribution in [-0.4, -0.2) is 21.7 Å². The molecular formula is C26H31FN2O2. The highest BCUT2D eigenvalue weighted by Crippen LogP contribution is 2.29. The van der Waals surface area contributed by atoms with Gasteiger partial charge < -0.3 is 15.0 Å². The van der Waals surface area contributed by atoms with Crippen LogP contribution in [0.15, 0.2) is 42.5 Å². The van der Waals surface area contributed by atoms with Crippen LogP contribution in [0, 0.1) is 12.7 Å². The zero-order chi connectivity index (χ0) is 21.8. The summed E-state index contributed by atoms with van der Waals surface area (Å²) in [5.74, 6) is -1.22. The SMILES string of the molecule is Cc1ccc2c(CNC3CCCCCCC3)c(C(=O)O)n(Cc3ccc(F)cc3)c2c1. The van der Waals surface area contributed by atoms with E-state index in [1.807, 2.05) is 29.7 Å². The van der Waals surface area contributed by atoms with Crippen molar-refractivity contribution in [2.45, 2.75) is 71.0 Å². The molecule has 1 aliphatic carbocycles. The molecule has 0 radical (unpaired) electrons. The average molecular weight is 423 g/mol. The van der Waals surface area contributed by atoms with Gasteiger partial charge in [-0.3, -0.25) is 0 Å². The van der Waals surface area contributed by atoms with E-state index < -0.39 is 5.97 Å². The molecule has 0 aliphatic heterocycles. The molecule has 0 unspecified atom stereocenters. The molecule has 4 nitrogen and oxygen atoms in total. The molecule has 1 saturated carbocycles. The van der Waals surface area contributed by atoms with Gasteiger partial charge in [-0.05, 0) is 49.1 Å². The number of carboxylic acids is 1. The van der Waals surface area contributed by atoms with Gasteiger partial charge in [0.1, 0.15) is 11.5 Å². The maximum absolute atomic E-state index is 13.4. The summed E-state index contributed by atoms with van der Waals surface area (Å²) in [7, 11) is 0. The summed E-state index contributed by atoms with van der Waals surface area (Å²) in [6.45, 7) is 2.95. The summed E-state index contributed by atoms with van der Waals surface area (Å²) in [6, 6.07) is 12.8. The first kappa shape index (κ1) is 21.6. The first-order valence-corrected chi connectivity index (χ1v) is 11.4. The monoisotopic (exact) mass is 422 g/mol. The van der Waals surface area contributed by atoms with Crippen LogP contribution in [0.4, 0.5) is 4.39 Å². The number of aromatic nitrogens is 1. The number of nitrogens with zero attached hydrogens (tertiary/aromatic N) is 1. The third-order valence-corrected chi connectivity index (χ3v) is 6.45. The van der Waals surface area contributed by atoms with Crippen LogP contribution in [0.5, 0.6) is 0 Å². The molecule has 5 heteroatoms. The lowest BCUT2D eigenvalue weighted by Crippen LogP contribution is -2.30. The van der Waals surface area contributed by atoms with Crippen molar-refractivity contribution in [3.8, 4) is 0 Å². The third kappa shape index (κ3) is 4.99. The highest BCUT2D eigenvalue weighted by atomic mass is 19.1. The van der Waals surface area contributed by atoms with Crippen LogP contribution in [0.25, 0.3) is 10.9 Å². The van der Waals surface area contributed by atoms with Gasteiger partial charge in [-0.25, -0.2) is 9.18 Å². The van der Waals surface area contributed by atoms with Crippen molar-refractivity contribution in [3.05, 3.63) is 70.7 Å². The molecule has 2 aromatic carbocycles. The van der Waals surface area contributed by atoms with Gasteiger partial charge in [0.25, 0.3) is 0 Å². The number of hydrogen-bond acceptors (Lipinski definition) is 2. The van der Waals surface area contributed by atoms with Gasteiger partial charge in [0.2, 0.25) is 0 Å². The van der Waals surface area contributed by atoms with Crippen LogP contribution in [0.3, 0.4) is 0 Å². The van der Waals surface area contributed by atoms with E-state index >= 15 is 0 Å². The number of hydrogen-bond donors (Lipinski definition) is 2. The topological polar surface area (TPSA) is 54.3 Å². The quantitative estimate of drug-likeness (QED) is 0.509. The lowest BCUT2D eigenvalue weighted by Gasteiger charge is -2.21. The van der Waals surface area contributed by atoms with Gasteiger partial charge in [0.15, 0.2) is 0 Å². The van der Waals surface area contributed by atoms with Crippen molar-refractivity contribution in [3.63, 3.8) is 0 Å². The summed E-state index contributed by atoms with van der Waals surface area (Å²) < 4.78 is 15.2. The first-order valence-electron chi connectivity index (χ1n) is 11.4. The zero-order valence-electron chi connectivity index (χ0n) is 18.2. The second-order valence-corrected chi connectivity index (χ2v) is 8.79. The molecule has 3 aromatic rings. The number of rotatable bonds is 6. The van der Waals surface area contributed by atoms with Gasteiger partial charge in [-0.1, -0.05) is 56.4 Å². The Morgan fingerprint density at radius 1 is 1.06 bits per heavy atom. The van der Waals surface area contributed by atoms with Crippen molar-refractivity contribution in [2.24, 2.45) is 0 Å². The second kappa shape index (κ2) is 9.65. The summed E-state index contributed by atoms with van der Waals surface area (Å²) in [5.41, 5.74) is 4.04. The lowest BCUT2D eigenvalue weighted by atomic mass is 9.96. The minimum atomic E-state index is -0.926. The molecule has 1 aliphatic rings. The standard InChI is InChI=1S/C26H31FN2O2/c1-18-9-14-22-23(16-28-21-7-5-3-2-4-6-8-21)25(26(30)31)29(24(22)15-18)17-19-10-12-20(27)13-11-19/h9-15,21,28H,2-8,16-17H2,1H3,(H,30,31). The van der Waals surface area contributed by atoms with Crippen molar-refractivity contribution in [2.75, 3.05) is 0 Å². The molecular weight excluding hydrogens is 391 g/mol. The number of aryl methyl sites for hydroxylation is 1. The summed E-state index contributed by atoms with van der Waals surface area (Å²) >= 11 is 0. The summed E-state index contributed by atoms with van der Waals surface area (Å²) in [6.07, 6.45) is 8.66.